The molecule has 1 aromatic rings. The van der Waals surface area contributed by atoms with Crippen LogP contribution < -0.4 is 5.32 Å². The molecule has 0 radical (unpaired) electrons. The first kappa shape index (κ1) is 15.5. The van der Waals surface area contributed by atoms with Gasteiger partial charge in [0.25, 0.3) is 0 Å². The Bertz CT molecular complexity index is 376. The van der Waals surface area contributed by atoms with Crippen molar-refractivity contribution < 1.29 is 0 Å². The Morgan fingerprint density at radius 3 is 2.70 bits per heavy atom. The van der Waals surface area contributed by atoms with E-state index >= 15 is 0 Å². The van der Waals surface area contributed by atoms with E-state index in [1.165, 1.54) is 31.5 Å². The lowest BCUT2D eigenvalue weighted by atomic mass is 9.98. The lowest BCUT2D eigenvalue weighted by Crippen LogP contribution is -2.44. The summed E-state index contributed by atoms with van der Waals surface area (Å²) in [6.07, 6.45) is 3.69. The number of nitrogens with one attached hydrogen (secondary N) is 1. The summed E-state index contributed by atoms with van der Waals surface area (Å²) in [5.41, 5.74) is 1.45. The van der Waals surface area contributed by atoms with E-state index in [4.69, 9.17) is 0 Å². The zero-order valence-electron chi connectivity index (χ0n) is 13.3. The molecule has 2 heteroatoms. The van der Waals surface area contributed by atoms with Crippen molar-refractivity contribution in [2.75, 3.05) is 19.6 Å². The molecule has 0 bridgehead atoms. The Labute approximate surface area is 124 Å². The second kappa shape index (κ2) is 7.80. The molecule has 0 spiro atoms. The van der Waals surface area contributed by atoms with E-state index in [-0.39, 0.29) is 0 Å². The molecule has 3 atom stereocenters. The van der Waals surface area contributed by atoms with Crippen LogP contribution >= 0.6 is 0 Å². The molecule has 2 rings (SSSR count). The fourth-order valence-electron chi connectivity index (χ4n) is 3.13. The van der Waals surface area contributed by atoms with Gasteiger partial charge in [0.05, 0.1) is 0 Å². The first-order valence-electron chi connectivity index (χ1n) is 8.22. The smallest absolute Gasteiger partial charge is 0.0235 e. The van der Waals surface area contributed by atoms with Gasteiger partial charge in [0.2, 0.25) is 0 Å². The van der Waals surface area contributed by atoms with Crippen LogP contribution in [0.25, 0.3) is 0 Å². The summed E-state index contributed by atoms with van der Waals surface area (Å²) in [6, 6.07) is 12.2. The van der Waals surface area contributed by atoms with E-state index in [1.54, 1.807) is 0 Å². The minimum Gasteiger partial charge on any atom is -0.312 e. The Morgan fingerprint density at radius 1 is 1.25 bits per heavy atom. The van der Waals surface area contributed by atoms with Crippen LogP contribution in [0.1, 0.15) is 39.2 Å². The van der Waals surface area contributed by atoms with Gasteiger partial charge in [-0.25, -0.2) is 0 Å². The molecule has 1 aliphatic rings. The molecule has 112 valence electrons. The van der Waals surface area contributed by atoms with Gasteiger partial charge >= 0.3 is 0 Å². The zero-order valence-corrected chi connectivity index (χ0v) is 13.3. The van der Waals surface area contributed by atoms with Crippen molar-refractivity contribution in [3.8, 4) is 0 Å². The van der Waals surface area contributed by atoms with Gasteiger partial charge in [-0.1, -0.05) is 50.6 Å². The minimum absolute atomic E-state index is 0.589. The lowest BCUT2D eigenvalue weighted by molar-refractivity contribution is 0.156. The van der Waals surface area contributed by atoms with Crippen LogP contribution in [-0.4, -0.2) is 36.6 Å². The van der Waals surface area contributed by atoms with Crippen molar-refractivity contribution in [2.24, 2.45) is 5.92 Å². The molecular formula is C18H30N2. The molecule has 0 saturated carbocycles. The monoisotopic (exact) mass is 274 g/mol. The van der Waals surface area contributed by atoms with Gasteiger partial charge < -0.3 is 5.32 Å². The average molecular weight is 274 g/mol. The predicted octanol–water partition coefficient (Wildman–Crippen LogP) is 3.33. The number of rotatable bonds is 5. The third-order valence-corrected chi connectivity index (χ3v) is 4.88. The van der Waals surface area contributed by atoms with Crippen LogP contribution in [0.3, 0.4) is 0 Å². The van der Waals surface area contributed by atoms with Crippen LogP contribution in [0.2, 0.25) is 0 Å². The largest absolute Gasteiger partial charge is 0.312 e. The molecule has 0 aliphatic carbocycles. The highest BCUT2D eigenvalue weighted by Crippen LogP contribution is 2.17. The standard InChI is InChI=1S/C18H30N2/c1-4-15(2)16(3)20-12-8-11-19-18(14-20)13-17-9-6-5-7-10-17/h5-7,9-10,15-16,18-19H,4,8,11-14H2,1-3H3. The number of nitrogens with zero attached hydrogens (tertiary/aromatic N) is 1. The summed E-state index contributed by atoms with van der Waals surface area (Å²) in [4.78, 5) is 2.70. The predicted molar refractivity (Wildman–Crippen MR) is 87.0 cm³/mol. The number of hydrogen-bond donors (Lipinski definition) is 1. The molecule has 1 saturated heterocycles. The van der Waals surface area contributed by atoms with Gasteiger partial charge in [-0.05, 0) is 44.3 Å². The van der Waals surface area contributed by atoms with E-state index in [0.717, 1.165) is 18.9 Å². The van der Waals surface area contributed by atoms with Gasteiger partial charge in [-0.3, -0.25) is 4.90 Å². The summed E-state index contributed by atoms with van der Waals surface area (Å²) in [5.74, 6) is 0.783. The van der Waals surface area contributed by atoms with Crippen molar-refractivity contribution in [3.63, 3.8) is 0 Å². The molecule has 1 fully saturated rings. The summed E-state index contributed by atoms with van der Waals surface area (Å²) in [5, 5.41) is 3.73. The van der Waals surface area contributed by atoms with Crippen LogP contribution in [0.5, 0.6) is 0 Å². The van der Waals surface area contributed by atoms with E-state index in [1.807, 2.05) is 0 Å². The van der Waals surface area contributed by atoms with Gasteiger partial charge in [-0.15, -0.1) is 0 Å². The number of benzene rings is 1. The first-order chi connectivity index (χ1) is 9.70. The Hall–Kier alpha value is -0.860. The molecule has 1 N–H and O–H groups in total. The van der Waals surface area contributed by atoms with Crippen molar-refractivity contribution in [1.82, 2.24) is 10.2 Å². The Morgan fingerprint density at radius 2 is 2.00 bits per heavy atom. The SMILES string of the molecule is CCC(C)C(C)N1CCCNC(Cc2ccccc2)C1. The van der Waals surface area contributed by atoms with E-state index < -0.39 is 0 Å². The second-order valence-electron chi connectivity index (χ2n) is 6.32. The molecule has 1 aromatic carbocycles. The van der Waals surface area contributed by atoms with Gasteiger partial charge in [0, 0.05) is 18.6 Å². The molecule has 20 heavy (non-hydrogen) atoms. The molecule has 3 unspecified atom stereocenters. The molecule has 2 nitrogen and oxygen atoms in total. The first-order valence-corrected chi connectivity index (χ1v) is 8.22. The highest BCUT2D eigenvalue weighted by Gasteiger charge is 2.24. The summed E-state index contributed by atoms with van der Waals surface area (Å²) < 4.78 is 0. The van der Waals surface area contributed by atoms with E-state index in [9.17, 15) is 0 Å². The Kier molecular flexibility index (Phi) is 6.06. The van der Waals surface area contributed by atoms with E-state index in [0.29, 0.717) is 12.1 Å². The van der Waals surface area contributed by atoms with Crippen LogP contribution in [0, 0.1) is 5.92 Å². The summed E-state index contributed by atoms with van der Waals surface area (Å²) >= 11 is 0. The van der Waals surface area contributed by atoms with Crippen molar-refractivity contribution in [3.05, 3.63) is 35.9 Å². The zero-order chi connectivity index (χ0) is 14.4. The maximum absolute atomic E-state index is 3.73. The average Bonchev–Trinajstić information content (AvgIpc) is 2.72. The quantitative estimate of drug-likeness (QED) is 0.886. The van der Waals surface area contributed by atoms with Gasteiger partial charge in [-0.2, -0.15) is 0 Å². The Balaban J connectivity index is 1.96. The van der Waals surface area contributed by atoms with Gasteiger partial charge in [0.15, 0.2) is 0 Å². The van der Waals surface area contributed by atoms with E-state index in [2.05, 4.69) is 61.3 Å². The third kappa shape index (κ3) is 4.32. The fraction of sp³-hybridized carbons (Fsp3) is 0.667. The fourth-order valence-corrected chi connectivity index (χ4v) is 3.13. The maximum atomic E-state index is 3.73. The summed E-state index contributed by atoms with van der Waals surface area (Å²) in [7, 11) is 0. The maximum Gasteiger partial charge on any atom is 0.0235 e. The van der Waals surface area contributed by atoms with Crippen molar-refractivity contribution >= 4 is 0 Å². The van der Waals surface area contributed by atoms with Crippen LogP contribution in [0.15, 0.2) is 30.3 Å². The topological polar surface area (TPSA) is 15.3 Å². The van der Waals surface area contributed by atoms with Crippen molar-refractivity contribution in [2.45, 2.75) is 52.1 Å². The molecule has 1 aliphatic heterocycles. The normalized spacial score (nSPS) is 24.1. The summed E-state index contributed by atoms with van der Waals surface area (Å²) in [6.45, 7) is 10.7. The lowest BCUT2D eigenvalue weighted by Gasteiger charge is -2.33. The molecule has 0 aromatic heterocycles. The third-order valence-electron chi connectivity index (χ3n) is 4.88. The molecule has 1 heterocycles. The minimum atomic E-state index is 0.589. The highest BCUT2D eigenvalue weighted by atomic mass is 15.2. The molecular weight excluding hydrogens is 244 g/mol. The second-order valence-corrected chi connectivity index (χ2v) is 6.32. The van der Waals surface area contributed by atoms with Crippen LogP contribution in [-0.2, 0) is 6.42 Å². The number of hydrogen-bond acceptors (Lipinski definition) is 2. The van der Waals surface area contributed by atoms with Gasteiger partial charge in [0.1, 0.15) is 0 Å². The van der Waals surface area contributed by atoms with Crippen molar-refractivity contribution in [1.29, 1.82) is 0 Å². The van der Waals surface area contributed by atoms with Crippen LogP contribution in [0.4, 0.5) is 0 Å². The highest BCUT2D eigenvalue weighted by molar-refractivity contribution is 5.16. The molecule has 0 amide bonds.